The summed E-state index contributed by atoms with van der Waals surface area (Å²) < 4.78 is 0. The Balaban J connectivity index is 1.62. The van der Waals surface area contributed by atoms with Crippen molar-refractivity contribution < 1.29 is 30.1 Å². The fourth-order valence-corrected chi connectivity index (χ4v) is 3.00. The largest absolute Gasteiger partial charge is 0.376 e. The summed E-state index contributed by atoms with van der Waals surface area (Å²) in [4.78, 5) is 11.2. The molecule has 136 valence electrons. The second-order valence-corrected chi connectivity index (χ2v) is 6.56. The van der Waals surface area contributed by atoms with E-state index in [1.807, 2.05) is 13.8 Å². The summed E-state index contributed by atoms with van der Waals surface area (Å²) >= 11 is 0. The third kappa shape index (κ3) is 5.33. The van der Waals surface area contributed by atoms with Crippen molar-refractivity contribution in [2.45, 2.75) is 95.9 Å². The van der Waals surface area contributed by atoms with Crippen LogP contribution in [-0.2, 0) is 9.68 Å². The molecule has 8 nitrogen and oxygen atoms in total. The zero-order valence-electron chi connectivity index (χ0n) is 13.9. The highest BCUT2D eigenvalue weighted by Crippen LogP contribution is 2.24. The summed E-state index contributed by atoms with van der Waals surface area (Å²) in [6.07, 6.45) is 1.20. The Bertz CT molecular complexity index is 309. The van der Waals surface area contributed by atoms with Gasteiger partial charge in [0, 0.05) is 0 Å². The highest BCUT2D eigenvalue weighted by Gasteiger charge is 2.34. The lowest BCUT2D eigenvalue weighted by Gasteiger charge is -2.28. The Morgan fingerprint density at radius 2 is 1.04 bits per heavy atom. The molecule has 2 saturated heterocycles. The van der Waals surface area contributed by atoms with E-state index in [4.69, 9.17) is 9.68 Å². The van der Waals surface area contributed by atoms with Crippen LogP contribution in [0.2, 0.25) is 0 Å². The van der Waals surface area contributed by atoms with Crippen LogP contribution in [0.5, 0.6) is 0 Å². The minimum Gasteiger partial charge on any atom is -0.376 e. The Labute approximate surface area is 137 Å². The molecule has 2 heterocycles. The lowest BCUT2D eigenvalue weighted by atomic mass is 10.1. The number of aliphatic hydroxyl groups excluding tert-OH is 4. The molecule has 23 heavy (non-hydrogen) atoms. The van der Waals surface area contributed by atoms with E-state index in [0.717, 1.165) is 19.3 Å². The zero-order chi connectivity index (χ0) is 17.0. The predicted molar refractivity (Wildman–Crippen MR) is 81.1 cm³/mol. The molecule has 2 aliphatic heterocycles. The lowest BCUT2D eigenvalue weighted by molar-refractivity contribution is -0.299. The molecule has 8 heteroatoms. The van der Waals surface area contributed by atoms with Crippen LogP contribution >= 0.6 is 0 Å². The van der Waals surface area contributed by atoms with Gasteiger partial charge in [0.15, 0.2) is 0 Å². The van der Waals surface area contributed by atoms with E-state index in [1.165, 1.54) is 10.1 Å². The van der Waals surface area contributed by atoms with Crippen LogP contribution in [0.25, 0.3) is 0 Å². The van der Waals surface area contributed by atoms with E-state index < -0.39 is 24.9 Å². The van der Waals surface area contributed by atoms with E-state index in [0.29, 0.717) is 25.7 Å². The number of rotatable bonds is 8. The van der Waals surface area contributed by atoms with Crippen LogP contribution in [0, 0.1) is 0 Å². The summed E-state index contributed by atoms with van der Waals surface area (Å²) in [6, 6.07) is 0. The molecule has 0 aromatic rings. The van der Waals surface area contributed by atoms with Gasteiger partial charge in [-0.3, -0.25) is 9.68 Å². The predicted octanol–water partition coefficient (Wildman–Crippen LogP) is 0.262. The van der Waals surface area contributed by atoms with Gasteiger partial charge in [-0.05, 0) is 58.8 Å². The SMILES string of the molecule is C[C@H](CCC[C@H](C)ON1C(O)CCC1O)ON1C(O)CCC1O. The molecule has 4 N–H and O–H groups in total. The molecule has 0 aromatic heterocycles. The van der Waals surface area contributed by atoms with Gasteiger partial charge in [0.1, 0.15) is 24.9 Å². The van der Waals surface area contributed by atoms with E-state index in [1.54, 1.807) is 0 Å². The maximum absolute atomic E-state index is 9.70. The van der Waals surface area contributed by atoms with Gasteiger partial charge in [0.05, 0.1) is 12.2 Å². The van der Waals surface area contributed by atoms with Gasteiger partial charge < -0.3 is 20.4 Å². The van der Waals surface area contributed by atoms with E-state index in [2.05, 4.69) is 0 Å². The van der Waals surface area contributed by atoms with Crippen molar-refractivity contribution in [2.24, 2.45) is 0 Å². The van der Waals surface area contributed by atoms with Gasteiger partial charge in [0.2, 0.25) is 0 Å². The summed E-state index contributed by atoms with van der Waals surface area (Å²) in [5.41, 5.74) is 0. The second-order valence-electron chi connectivity index (χ2n) is 6.56. The number of aliphatic hydroxyl groups is 4. The maximum Gasteiger partial charge on any atom is 0.133 e. The molecule has 0 aromatic carbocycles. The molecule has 0 radical (unpaired) electrons. The van der Waals surface area contributed by atoms with Crippen LogP contribution in [0.1, 0.15) is 58.8 Å². The topological polar surface area (TPSA) is 106 Å². The van der Waals surface area contributed by atoms with Crippen molar-refractivity contribution in [1.29, 1.82) is 0 Å². The van der Waals surface area contributed by atoms with Crippen molar-refractivity contribution >= 4 is 0 Å². The Morgan fingerprint density at radius 3 is 1.35 bits per heavy atom. The maximum atomic E-state index is 9.70. The third-order valence-corrected chi connectivity index (χ3v) is 4.37. The van der Waals surface area contributed by atoms with Crippen molar-refractivity contribution in [3.8, 4) is 0 Å². The summed E-state index contributed by atoms with van der Waals surface area (Å²) in [5.74, 6) is 0. The Kier molecular flexibility index (Phi) is 7.18. The molecule has 0 bridgehead atoms. The standard InChI is InChI=1S/C15H30N2O6/c1-10(22-16-12(18)6-7-13(16)19)4-3-5-11(2)23-17-14(20)8-9-15(17)21/h10-15,18-21H,3-9H2,1-2H3/t10-,11+,12?,13?,14?,15?. The van der Waals surface area contributed by atoms with Crippen LogP contribution < -0.4 is 0 Å². The van der Waals surface area contributed by atoms with E-state index >= 15 is 0 Å². The number of hydrogen-bond acceptors (Lipinski definition) is 8. The van der Waals surface area contributed by atoms with Gasteiger partial charge in [-0.1, -0.05) is 0 Å². The van der Waals surface area contributed by atoms with Gasteiger partial charge in [-0.15, -0.1) is 10.1 Å². The Morgan fingerprint density at radius 1 is 0.739 bits per heavy atom. The molecule has 6 atom stereocenters. The minimum atomic E-state index is -0.743. The molecular weight excluding hydrogens is 304 g/mol. The molecule has 2 aliphatic rings. The summed E-state index contributed by atoms with van der Waals surface area (Å²) in [6.45, 7) is 3.80. The minimum absolute atomic E-state index is 0.118. The second kappa shape index (κ2) is 8.68. The molecule has 0 amide bonds. The van der Waals surface area contributed by atoms with Crippen molar-refractivity contribution in [1.82, 2.24) is 10.1 Å². The first-order valence-corrected chi connectivity index (χ1v) is 8.51. The molecule has 4 unspecified atom stereocenters. The van der Waals surface area contributed by atoms with Gasteiger partial charge >= 0.3 is 0 Å². The van der Waals surface area contributed by atoms with E-state index in [9.17, 15) is 20.4 Å². The highest BCUT2D eigenvalue weighted by molar-refractivity contribution is 4.70. The van der Waals surface area contributed by atoms with Crippen molar-refractivity contribution in [3.63, 3.8) is 0 Å². The van der Waals surface area contributed by atoms with Crippen LogP contribution in [0.15, 0.2) is 0 Å². The smallest absolute Gasteiger partial charge is 0.133 e. The first-order valence-electron chi connectivity index (χ1n) is 8.51. The Hall–Kier alpha value is -0.320. The normalized spacial score (nSPS) is 35.7. The van der Waals surface area contributed by atoms with Crippen LogP contribution in [0.4, 0.5) is 0 Å². The highest BCUT2D eigenvalue weighted by atomic mass is 16.7. The monoisotopic (exact) mass is 334 g/mol. The molecule has 2 rings (SSSR count). The molecule has 0 aliphatic carbocycles. The average molecular weight is 334 g/mol. The quantitative estimate of drug-likeness (QED) is 0.501. The number of nitrogens with zero attached hydrogens (tertiary/aromatic N) is 2. The van der Waals surface area contributed by atoms with Gasteiger partial charge in [-0.25, -0.2) is 0 Å². The lowest BCUT2D eigenvalue weighted by Crippen LogP contribution is -2.39. The molecule has 0 spiro atoms. The van der Waals surface area contributed by atoms with Crippen molar-refractivity contribution in [2.75, 3.05) is 0 Å². The number of hydroxylamine groups is 4. The molecule has 0 saturated carbocycles. The summed E-state index contributed by atoms with van der Waals surface area (Å²) in [7, 11) is 0. The molecule has 2 fully saturated rings. The van der Waals surface area contributed by atoms with Gasteiger partial charge in [0.25, 0.3) is 0 Å². The average Bonchev–Trinajstić information content (AvgIpc) is 2.97. The van der Waals surface area contributed by atoms with E-state index in [-0.39, 0.29) is 12.2 Å². The summed E-state index contributed by atoms with van der Waals surface area (Å²) in [5, 5.41) is 41.3. The number of hydrogen-bond donors (Lipinski definition) is 4. The fourth-order valence-electron chi connectivity index (χ4n) is 3.00. The fraction of sp³-hybridized carbons (Fsp3) is 1.00. The zero-order valence-corrected chi connectivity index (χ0v) is 13.9. The van der Waals surface area contributed by atoms with Crippen molar-refractivity contribution in [3.05, 3.63) is 0 Å². The molecular formula is C15H30N2O6. The first kappa shape index (κ1) is 19.0. The van der Waals surface area contributed by atoms with Gasteiger partial charge in [-0.2, -0.15) is 0 Å². The third-order valence-electron chi connectivity index (χ3n) is 4.37. The van der Waals surface area contributed by atoms with Crippen LogP contribution in [0.3, 0.4) is 0 Å². The first-order chi connectivity index (χ1) is 10.9. The van der Waals surface area contributed by atoms with Crippen LogP contribution in [-0.4, -0.2) is 67.7 Å².